The van der Waals surface area contributed by atoms with E-state index in [1.54, 1.807) is 0 Å². The third-order valence-corrected chi connectivity index (χ3v) is 3.54. The lowest BCUT2D eigenvalue weighted by Gasteiger charge is -2.11. The molecule has 2 aromatic carbocycles. The first-order valence-electron chi connectivity index (χ1n) is 7.07. The van der Waals surface area contributed by atoms with Gasteiger partial charge in [-0.3, -0.25) is 0 Å². The molecular weight excluding hydrogens is 258 g/mol. The molecule has 0 radical (unpaired) electrons. The van der Waals surface area contributed by atoms with Gasteiger partial charge in [0, 0.05) is 25.2 Å². The Bertz CT molecular complexity index is 779. The van der Waals surface area contributed by atoms with Crippen molar-refractivity contribution in [1.29, 1.82) is 0 Å². The van der Waals surface area contributed by atoms with E-state index in [-0.39, 0.29) is 0 Å². The van der Waals surface area contributed by atoms with Crippen molar-refractivity contribution >= 4 is 28.8 Å². The summed E-state index contributed by atoms with van der Waals surface area (Å²) in [5.74, 6) is 0.882. The predicted octanol–water partition coefficient (Wildman–Crippen LogP) is 4.98. The van der Waals surface area contributed by atoms with Gasteiger partial charge >= 0.3 is 0 Å². The van der Waals surface area contributed by atoms with Gasteiger partial charge in [0.1, 0.15) is 11.3 Å². The Kier molecular flexibility index (Phi) is 3.53. The molecule has 2 nitrogen and oxygen atoms in total. The molecule has 0 bridgehead atoms. The summed E-state index contributed by atoms with van der Waals surface area (Å²) in [6.45, 7) is 2.07. The number of furan rings is 1. The first kappa shape index (κ1) is 13.5. The maximum absolute atomic E-state index is 5.84. The van der Waals surface area contributed by atoms with Crippen molar-refractivity contribution < 1.29 is 4.42 Å². The summed E-state index contributed by atoms with van der Waals surface area (Å²) in [5, 5.41) is 1.14. The molecular formula is C19H19NO. The molecule has 0 saturated carbocycles. The Morgan fingerprint density at radius 2 is 1.67 bits per heavy atom. The van der Waals surface area contributed by atoms with Crippen LogP contribution in [0.15, 0.2) is 52.9 Å². The molecule has 3 aromatic rings. The summed E-state index contributed by atoms with van der Waals surface area (Å²) < 4.78 is 5.84. The number of anilines is 1. The van der Waals surface area contributed by atoms with Crippen LogP contribution in [0.2, 0.25) is 0 Å². The van der Waals surface area contributed by atoms with Gasteiger partial charge in [-0.05, 0) is 48.4 Å². The van der Waals surface area contributed by atoms with E-state index in [4.69, 9.17) is 4.42 Å². The normalized spacial score (nSPS) is 11.4. The van der Waals surface area contributed by atoms with E-state index in [1.165, 1.54) is 11.3 Å². The van der Waals surface area contributed by atoms with Gasteiger partial charge < -0.3 is 9.32 Å². The largest absolute Gasteiger partial charge is 0.457 e. The fourth-order valence-corrected chi connectivity index (χ4v) is 2.30. The molecule has 2 heteroatoms. The van der Waals surface area contributed by atoms with Crippen LogP contribution in [0.3, 0.4) is 0 Å². The van der Waals surface area contributed by atoms with Gasteiger partial charge in [-0.25, -0.2) is 0 Å². The average molecular weight is 277 g/mol. The zero-order chi connectivity index (χ0) is 14.8. The van der Waals surface area contributed by atoms with Gasteiger partial charge in [0.15, 0.2) is 0 Å². The first-order chi connectivity index (χ1) is 10.1. The SMILES string of the molecule is Cc1ccc2cc(/C=C/c3ccc(N(C)C)cc3)oc2c1. The zero-order valence-electron chi connectivity index (χ0n) is 12.6. The Morgan fingerprint density at radius 3 is 2.38 bits per heavy atom. The number of aryl methyl sites for hydroxylation is 1. The highest BCUT2D eigenvalue weighted by molar-refractivity contribution is 5.82. The molecule has 0 atom stereocenters. The molecule has 0 aliphatic heterocycles. The number of rotatable bonds is 3. The van der Waals surface area contributed by atoms with Gasteiger partial charge in [0.05, 0.1) is 0 Å². The monoisotopic (exact) mass is 277 g/mol. The second-order valence-corrected chi connectivity index (χ2v) is 5.51. The third-order valence-electron chi connectivity index (χ3n) is 3.54. The summed E-state index contributed by atoms with van der Waals surface area (Å²) >= 11 is 0. The van der Waals surface area contributed by atoms with Crippen molar-refractivity contribution in [2.75, 3.05) is 19.0 Å². The van der Waals surface area contributed by atoms with Crippen LogP contribution in [0, 0.1) is 6.92 Å². The van der Waals surface area contributed by atoms with E-state index in [2.05, 4.69) is 66.4 Å². The topological polar surface area (TPSA) is 16.4 Å². The Morgan fingerprint density at radius 1 is 0.905 bits per heavy atom. The summed E-state index contributed by atoms with van der Waals surface area (Å²) in [5.41, 5.74) is 4.52. The van der Waals surface area contributed by atoms with Gasteiger partial charge in [-0.2, -0.15) is 0 Å². The molecule has 0 amide bonds. The minimum absolute atomic E-state index is 0.882. The molecule has 0 aliphatic rings. The summed E-state index contributed by atoms with van der Waals surface area (Å²) in [7, 11) is 4.09. The lowest BCUT2D eigenvalue weighted by atomic mass is 10.1. The minimum Gasteiger partial charge on any atom is -0.457 e. The number of fused-ring (bicyclic) bond motifs is 1. The number of benzene rings is 2. The van der Waals surface area contributed by atoms with Crippen molar-refractivity contribution in [3.05, 3.63) is 65.4 Å². The number of nitrogens with zero attached hydrogens (tertiary/aromatic N) is 1. The predicted molar refractivity (Wildman–Crippen MR) is 90.6 cm³/mol. The molecule has 0 unspecified atom stereocenters. The van der Waals surface area contributed by atoms with Crippen LogP contribution in [-0.4, -0.2) is 14.1 Å². The molecule has 0 fully saturated rings. The van der Waals surface area contributed by atoms with Gasteiger partial charge in [-0.1, -0.05) is 30.3 Å². The minimum atomic E-state index is 0.882. The summed E-state index contributed by atoms with van der Waals surface area (Å²) in [6, 6.07) is 16.8. The van der Waals surface area contributed by atoms with Crippen molar-refractivity contribution in [1.82, 2.24) is 0 Å². The lowest BCUT2D eigenvalue weighted by molar-refractivity contribution is 0.604. The van der Waals surface area contributed by atoms with Crippen LogP contribution in [0.25, 0.3) is 23.1 Å². The lowest BCUT2D eigenvalue weighted by Crippen LogP contribution is -2.07. The molecule has 21 heavy (non-hydrogen) atoms. The molecule has 1 aromatic heterocycles. The second-order valence-electron chi connectivity index (χ2n) is 5.51. The molecule has 106 valence electrons. The van der Waals surface area contributed by atoms with Crippen molar-refractivity contribution in [3.8, 4) is 0 Å². The van der Waals surface area contributed by atoms with Crippen molar-refractivity contribution in [2.45, 2.75) is 6.92 Å². The molecule has 1 heterocycles. The second kappa shape index (κ2) is 5.49. The molecule has 0 aliphatic carbocycles. The summed E-state index contributed by atoms with van der Waals surface area (Å²) in [4.78, 5) is 2.09. The maximum Gasteiger partial charge on any atom is 0.135 e. The van der Waals surface area contributed by atoms with E-state index in [0.29, 0.717) is 0 Å². The maximum atomic E-state index is 5.84. The zero-order valence-corrected chi connectivity index (χ0v) is 12.6. The van der Waals surface area contributed by atoms with E-state index in [9.17, 15) is 0 Å². The number of hydrogen-bond acceptors (Lipinski definition) is 2. The fraction of sp³-hybridized carbons (Fsp3) is 0.158. The molecule has 0 spiro atoms. The molecule has 0 N–H and O–H groups in total. The third kappa shape index (κ3) is 3.00. The van der Waals surface area contributed by atoms with Crippen LogP contribution < -0.4 is 4.90 Å². The van der Waals surface area contributed by atoms with Gasteiger partial charge in [0.25, 0.3) is 0 Å². The van der Waals surface area contributed by atoms with Crippen LogP contribution in [-0.2, 0) is 0 Å². The fourth-order valence-electron chi connectivity index (χ4n) is 2.30. The number of hydrogen-bond donors (Lipinski definition) is 0. The first-order valence-corrected chi connectivity index (χ1v) is 7.07. The van der Waals surface area contributed by atoms with Gasteiger partial charge in [-0.15, -0.1) is 0 Å². The average Bonchev–Trinajstić information content (AvgIpc) is 2.87. The van der Waals surface area contributed by atoms with Crippen LogP contribution in [0.4, 0.5) is 5.69 Å². The Labute approximate surface area is 125 Å². The molecule has 0 saturated heterocycles. The van der Waals surface area contributed by atoms with Crippen LogP contribution >= 0.6 is 0 Å². The highest BCUT2D eigenvalue weighted by atomic mass is 16.3. The Hall–Kier alpha value is -2.48. The van der Waals surface area contributed by atoms with Gasteiger partial charge in [0.2, 0.25) is 0 Å². The smallest absolute Gasteiger partial charge is 0.135 e. The van der Waals surface area contributed by atoms with Crippen LogP contribution in [0.5, 0.6) is 0 Å². The highest BCUT2D eigenvalue weighted by Crippen LogP contribution is 2.22. The van der Waals surface area contributed by atoms with E-state index >= 15 is 0 Å². The van der Waals surface area contributed by atoms with E-state index in [1.807, 2.05) is 20.2 Å². The highest BCUT2D eigenvalue weighted by Gasteiger charge is 2.01. The quantitative estimate of drug-likeness (QED) is 0.671. The standard InChI is InChI=1S/C19H19NO/c1-14-4-8-16-13-18(21-19(16)12-14)11-7-15-5-9-17(10-6-15)20(2)3/h4-13H,1-3H3/b11-7+. The van der Waals surface area contributed by atoms with E-state index in [0.717, 1.165) is 22.3 Å². The summed E-state index contributed by atoms with van der Waals surface area (Å²) in [6.07, 6.45) is 4.09. The van der Waals surface area contributed by atoms with E-state index < -0.39 is 0 Å². The van der Waals surface area contributed by atoms with Crippen molar-refractivity contribution in [2.24, 2.45) is 0 Å². The molecule has 3 rings (SSSR count). The Balaban J connectivity index is 1.83. The van der Waals surface area contributed by atoms with Crippen LogP contribution in [0.1, 0.15) is 16.9 Å². The van der Waals surface area contributed by atoms with Crippen molar-refractivity contribution in [3.63, 3.8) is 0 Å².